The average Bonchev–Trinajstić information content (AvgIpc) is 2.76. The number of hydrogen-bond acceptors (Lipinski definition) is 7. The van der Waals surface area contributed by atoms with Crippen LogP contribution in [-0.2, 0) is 24.1 Å². The molecule has 0 saturated carbocycles. The van der Waals surface area contributed by atoms with E-state index in [1.165, 1.54) is 43.5 Å². The second-order valence-corrected chi connectivity index (χ2v) is 8.15. The van der Waals surface area contributed by atoms with Gasteiger partial charge in [0.15, 0.2) is 9.84 Å². The van der Waals surface area contributed by atoms with Crippen LogP contribution in [0.4, 0.5) is 0 Å². The third kappa shape index (κ3) is 5.89. The van der Waals surface area contributed by atoms with E-state index in [9.17, 15) is 22.8 Å². The van der Waals surface area contributed by atoms with Gasteiger partial charge in [-0.3, -0.25) is 4.79 Å². The Hall–Kier alpha value is -3.20. The van der Waals surface area contributed by atoms with Crippen molar-refractivity contribution in [1.29, 1.82) is 0 Å². The molecule has 0 saturated heterocycles. The minimum absolute atomic E-state index is 0.118. The highest BCUT2D eigenvalue weighted by atomic mass is 32.2. The summed E-state index contributed by atoms with van der Waals surface area (Å²) in [4.78, 5) is 36.3. The minimum atomic E-state index is -3.64. The fourth-order valence-corrected chi connectivity index (χ4v) is 3.91. The van der Waals surface area contributed by atoms with Gasteiger partial charge in [0.25, 0.3) is 5.91 Å². The third-order valence-electron chi connectivity index (χ3n) is 4.11. The highest BCUT2D eigenvalue weighted by molar-refractivity contribution is 7.91. The number of amides is 1. The number of methoxy groups -OCH3 is 2. The van der Waals surface area contributed by atoms with Crippen molar-refractivity contribution in [2.75, 3.05) is 20.0 Å². The van der Waals surface area contributed by atoms with E-state index in [1.807, 2.05) is 0 Å². The Morgan fingerprint density at radius 1 is 0.931 bits per heavy atom. The number of ether oxygens (including phenoxy) is 2. The Balaban J connectivity index is 2.14. The molecule has 0 fully saturated rings. The molecule has 0 aromatic heterocycles. The number of esters is 2. The quantitative estimate of drug-likeness (QED) is 0.646. The Bertz CT molecular complexity index is 987. The second-order valence-electron chi connectivity index (χ2n) is 6.04. The molecule has 0 aliphatic heterocycles. The maximum atomic E-state index is 12.5. The SMILES string of the molecule is COC(=O)c1cccc(C(=O)N[C@@H](CCS(=O)(=O)c2ccccc2)C(=O)OC)c1. The molecule has 9 heteroatoms. The van der Waals surface area contributed by atoms with Crippen molar-refractivity contribution in [3.63, 3.8) is 0 Å². The van der Waals surface area contributed by atoms with Crippen molar-refractivity contribution in [1.82, 2.24) is 5.32 Å². The maximum absolute atomic E-state index is 12.5. The summed E-state index contributed by atoms with van der Waals surface area (Å²) in [5, 5.41) is 2.46. The Kier molecular flexibility index (Phi) is 7.49. The molecule has 0 bridgehead atoms. The summed E-state index contributed by atoms with van der Waals surface area (Å²) in [5.74, 6) is -2.40. The van der Waals surface area contributed by atoms with Gasteiger partial charge in [-0.05, 0) is 36.8 Å². The number of carbonyl (C=O) groups is 3. The zero-order chi connectivity index (χ0) is 21.4. The van der Waals surface area contributed by atoms with Gasteiger partial charge in [0.1, 0.15) is 6.04 Å². The normalized spacial score (nSPS) is 11.9. The Labute approximate surface area is 168 Å². The predicted octanol–water partition coefficient (Wildman–Crippen LogP) is 1.61. The standard InChI is InChI=1S/C20H21NO7S/c1-27-19(23)15-8-6-7-14(13-15)18(22)21-17(20(24)28-2)11-12-29(25,26)16-9-4-3-5-10-16/h3-10,13,17H,11-12H2,1-2H3,(H,21,22)/t17-/m0/s1. The van der Waals surface area contributed by atoms with E-state index in [1.54, 1.807) is 18.2 Å². The molecule has 0 radical (unpaired) electrons. The summed E-state index contributed by atoms with van der Waals surface area (Å²) in [6, 6.07) is 12.4. The maximum Gasteiger partial charge on any atom is 0.337 e. The van der Waals surface area contributed by atoms with Crippen molar-refractivity contribution in [3.05, 3.63) is 65.7 Å². The molecule has 2 aromatic carbocycles. The van der Waals surface area contributed by atoms with E-state index in [2.05, 4.69) is 14.8 Å². The molecule has 29 heavy (non-hydrogen) atoms. The van der Waals surface area contributed by atoms with E-state index in [-0.39, 0.29) is 28.2 Å². The van der Waals surface area contributed by atoms with Crippen molar-refractivity contribution >= 4 is 27.7 Å². The number of rotatable bonds is 8. The first-order valence-electron chi connectivity index (χ1n) is 8.63. The highest BCUT2D eigenvalue weighted by Crippen LogP contribution is 2.13. The fraction of sp³-hybridized carbons (Fsp3) is 0.250. The first-order chi connectivity index (χ1) is 13.8. The van der Waals surface area contributed by atoms with Crippen molar-refractivity contribution in [3.8, 4) is 0 Å². The first kappa shape index (κ1) is 22.1. The number of carbonyl (C=O) groups excluding carboxylic acids is 3. The van der Waals surface area contributed by atoms with Gasteiger partial charge < -0.3 is 14.8 Å². The van der Waals surface area contributed by atoms with Crippen molar-refractivity contribution in [2.45, 2.75) is 17.4 Å². The van der Waals surface area contributed by atoms with Crippen molar-refractivity contribution < 1.29 is 32.3 Å². The zero-order valence-electron chi connectivity index (χ0n) is 16.0. The molecule has 0 aliphatic carbocycles. The zero-order valence-corrected chi connectivity index (χ0v) is 16.8. The van der Waals surface area contributed by atoms with Crippen LogP contribution in [0.2, 0.25) is 0 Å². The smallest absolute Gasteiger partial charge is 0.337 e. The van der Waals surface area contributed by atoms with E-state index >= 15 is 0 Å². The van der Waals surface area contributed by atoms with Gasteiger partial charge >= 0.3 is 11.9 Å². The summed E-state index contributed by atoms with van der Waals surface area (Å²) < 4.78 is 34.2. The molecule has 2 rings (SSSR count). The number of hydrogen-bond donors (Lipinski definition) is 1. The van der Waals surface area contributed by atoms with Crippen LogP contribution in [-0.4, -0.2) is 52.3 Å². The average molecular weight is 419 g/mol. The van der Waals surface area contributed by atoms with Crippen LogP contribution < -0.4 is 5.32 Å². The molecule has 1 atom stereocenters. The van der Waals surface area contributed by atoms with Crippen LogP contribution in [0.15, 0.2) is 59.5 Å². The molecule has 8 nitrogen and oxygen atoms in total. The van der Waals surface area contributed by atoms with Crippen LogP contribution >= 0.6 is 0 Å². The third-order valence-corrected chi connectivity index (χ3v) is 5.88. The van der Waals surface area contributed by atoms with Gasteiger partial charge in [0, 0.05) is 5.56 Å². The van der Waals surface area contributed by atoms with E-state index < -0.39 is 33.7 Å². The molecular formula is C20H21NO7S. The molecule has 0 aliphatic rings. The fourth-order valence-electron chi connectivity index (χ4n) is 2.56. The van der Waals surface area contributed by atoms with Gasteiger partial charge in [0.2, 0.25) is 0 Å². The summed E-state index contributed by atoms with van der Waals surface area (Å²) >= 11 is 0. The largest absolute Gasteiger partial charge is 0.467 e. The number of benzene rings is 2. The number of nitrogens with one attached hydrogen (secondary N) is 1. The second kappa shape index (κ2) is 9.83. The van der Waals surface area contributed by atoms with Crippen LogP contribution in [0.25, 0.3) is 0 Å². The van der Waals surface area contributed by atoms with E-state index in [0.717, 1.165) is 7.11 Å². The minimum Gasteiger partial charge on any atom is -0.467 e. The number of sulfone groups is 1. The van der Waals surface area contributed by atoms with Gasteiger partial charge in [0.05, 0.1) is 30.4 Å². The Morgan fingerprint density at radius 3 is 2.21 bits per heavy atom. The summed E-state index contributed by atoms with van der Waals surface area (Å²) in [7, 11) is -1.28. The molecule has 0 spiro atoms. The Morgan fingerprint density at radius 2 is 1.59 bits per heavy atom. The molecule has 1 amide bonds. The summed E-state index contributed by atoms with van der Waals surface area (Å²) in [6.45, 7) is 0. The van der Waals surface area contributed by atoms with Gasteiger partial charge in [-0.1, -0.05) is 24.3 Å². The summed E-state index contributed by atoms with van der Waals surface area (Å²) in [5.41, 5.74) is 0.286. The lowest BCUT2D eigenvalue weighted by Crippen LogP contribution is -2.42. The van der Waals surface area contributed by atoms with Gasteiger partial charge in [-0.15, -0.1) is 0 Å². The first-order valence-corrected chi connectivity index (χ1v) is 10.3. The van der Waals surface area contributed by atoms with Gasteiger partial charge in [-0.25, -0.2) is 18.0 Å². The lowest BCUT2D eigenvalue weighted by Gasteiger charge is -2.17. The lowest BCUT2D eigenvalue weighted by molar-refractivity contribution is -0.142. The van der Waals surface area contributed by atoms with Crippen LogP contribution in [0.5, 0.6) is 0 Å². The van der Waals surface area contributed by atoms with Gasteiger partial charge in [-0.2, -0.15) is 0 Å². The van der Waals surface area contributed by atoms with Crippen LogP contribution in [0.1, 0.15) is 27.1 Å². The van der Waals surface area contributed by atoms with E-state index in [4.69, 9.17) is 0 Å². The van der Waals surface area contributed by atoms with Crippen molar-refractivity contribution in [2.24, 2.45) is 0 Å². The van der Waals surface area contributed by atoms with E-state index in [0.29, 0.717) is 0 Å². The van der Waals surface area contributed by atoms with Crippen LogP contribution in [0, 0.1) is 0 Å². The lowest BCUT2D eigenvalue weighted by atomic mass is 10.1. The topological polar surface area (TPSA) is 116 Å². The monoisotopic (exact) mass is 419 g/mol. The summed E-state index contributed by atoms with van der Waals surface area (Å²) in [6.07, 6.45) is -0.174. The molecule has 0 unspecified atom stereocenters. The predicted molar refractivity (Wildman–Crippen MR) is 104 cm³/mol. The molecular weight excluding hydrogens is 398 g/mol. The molecule has 2 aromatic rings. The highest BCUT2D eigenvalue weighted by Gasteiger charge is 2.26. The molecule has 0 heterocycles. The van der Waals surface area contributed by atoms with Crippen LogP contribution in [0.3, 0.4) is 0 Å². The molecule has 154 valence electrons. The molecule has 1 N–H and O–H groups in total.